The zero-order chi connectivity index (χ0) is 17.8. The van der Waals surface area contributed by atoms with Crippen molar-refractivity contribution in [3.8, 4) is 0 Å². The minimum Gasteiger partial charge on any atom is -0.461 e. The average Bonchev–Trinajstić information content (AvgIpc) is 2.57. The van der Waals surface area contributed by atoms with Gasteiger partial charge >= 0.3 is 11.9 Å². The van der Waals surface area contributed by atoms with Crippen LogP contribution in [0.1, 0.15) is 58.3 Å². The molecule has 1 aliphatic heterocycles. The number of unbranched alkanes of at least 4 members (excludes halogenated alkanes) is 3. The summed E-state index contributed by atoms with van der Waals surface area (Å²) in [6.07, 6.45) is 8.86. The second-order valence-corrected chi connectivity index (χ2v) is 6.14. The van der Waals surface area contributed by atoms with E-state index in [0.29, 0.717) is 25.7 Å². The van der Waals surface area contributed by atoms with Crippen LogP contribution >= 0.6 is 0 Å². The number of allylic oxidation sites excluding steroid dienone is 1. The first kappa shape index (κ1) is 20.2. The molecule has 1 amide bonds. The molecule has 6 heteroatoms. The van der Waals surface area contributed by atoms with E-state index in [1.54, 1.807) is 6.08 Å². The van der Waals surface area contributed by atoms with Crippen molar-refractivity contribution in [1.82, 2.24) is 5.32 Å². The zero-order valence-electron chi connectivity index (χ0n) is 14.5. The van der Waals surface area contributed by atoms with Gasteiger partial charge < -0.3 is 14.8 Å². The standard InChI is InChI=1S/C18H29NO5/c1-3-5-7-8-10-15-16(24-18(15)22)11-14(9-6-4-2)23-17(21)12-19-13-20/h4,13-16H,2-3,5-12H2,1H3,(H,19,20)/t14?,15-,16?/m0/s1. The molecule has 1 heterocycles. The van der Waals surface area contributed by atoms with Gasteiger partial charge in [-0.05, 0) is 19.3 Å². The second-order valence-electron chi connectivity index (χ2n) is 6.14. The first-order valence-electron chi connectivity index (χ1n) is 8.80. The number of hydrogen-bond acceptors (Lipinski definition) is 5. The molecule has 0 aromatic carbocycles. The number of carbonyl (C=O) groups excluding carboxylic acids is 3. The van der Waals surface area contributed by atoms with Crippen molar-refractivity contribution in [3.63, 3.8) is 0 Å². The molecule has 1 N–H and O–H groups in total. The minimum absolute atomic E-state index is 0.0834. The summed E-state index contributed by atoms with van der Waals surface area (Å²) < 4.78 is 10.6. The summed E-state index contributed by atoms with van der Waals surface area (Å²) in [6, 6.07) is 0. The molecule has 0 aromatic rings. The molecule has 1 rings (SSSR count). The third-order valence-corrected chi connectivity index (χ3v) is 4.20. The molecule has 0 saturated carbocycles. The summed E-state index contributed by atoms with van der Waals surface area (Å²) in [5.74, 6) is -0.714. The van der Waals surface area contributed by atoms with Crippen LogP contribution in [-0.2, 0) is 23.9 Å². The van der Waals surface area contributed by atoms with Crippen molar-refractivity contribution in [2.24, 2.45) is 5.92 Å². The monoisotopic (exact) mass is 339 g/mol. The minimum atomic E-state index is -0.485. The molecule has 24 heavy (non-hydrogen) atoms. The number of hydrogen-bond donors (Lipinski definition) is 1. The van der Waals surface area contributed by atoms with Crippen LogP contribution in [0, 0.1) is 5.92 Å². The lowest BCUT2D eigenvalue weighted by Crippen LogP contribution is -2.47. The summed E-state index contributed by atoms with van der Waals surface area (Å²) >= 11 is 0. The Balaban J connectivity index is 2.45. The normalized spacial score (nSPS) is 20.5. The van der Waals surface area contributed by atoms with E-state index in [1.807, 2.05) is 0 Å². The van der Waals surface area contributed by atoms with Crippen molar-refractivity contribution in [2.75, 3.05) is 6.54 Å². The summed E-state index contributed by atoms with van der Waals surface area (Å²) in [7, 11) is 0. The van der Waals surface area contributed by atoms with Gasteiger partial charge in [0.1, 0.15) is 18.8 Å². The Morgan fingerprint density at radius 2 is 2.21 bits per heavy atom. The smallest absolute Gasteiger partial charge is 0.325 e. The Bertz CT molecular complexity index is 424. The lowest BCUT2D eigenvalue weighted by Gasteiger charge is -2.37. The van der Waals surface area contributed by atoms with E-state index in [4.69, 9.17) is 9.47 Å². The van der Waals surface area contributed by atoms with Crippen molar-refractivity contribution in [2.45, 2.75) is 70.5 Å². The van der Waals surface area contributed by atoms with Crippen molar-refractivity contribution >= 4 is 18.3 Å². The quantitative estimate of drug-likeness (QED) is 0.228. The summed E-state index contributed by atoms with van der Waals surface area (Å²) in [5, 5.41) is 2.29. The lowest BCUT2D eigenvalue weighted by molar-refractivity contribution is -0.190. The molecule has 1 fully saturated rings. The molecule has 0 aliphatic carbocycles. The number of cyclic esters (lactones) is 1. The molecule has 0 spiro atoms. The van der Waals surface area contributed by atoms with Crippen LogP contribution < -0.4 is 5.32 Å². The first-order chi connectivity index (χ1) is 11.6. The van der Waals surface area contributed by atoms with Gasteiger partial charge in [-0.25, -0.2) is 0 Å². The second kappa shape index (κ2) is 11.6. The van der Waals surface area contributed by atoms with Gasteiger partial charge in [0.25, 0.3) is 0 Å². The van der Waals surface area contributed by atoms with E-state index in [0.717, 1.165) is 25.7 Å². The Hall–Kier alpha value is -1.85. The number of amides is 1. The number of nitrogens with one attached hydrogen (secondary N) is 1. The van der Waals surface area contributed by atoms with E-state index < -0.39 is 5.97 Å². The van der Waals surface area contributed by atoms with Gasteiger partial charge in [-0.1, -0.05) is 38.7 Å². The van der Waals surface area contributed by atoms with Crippen molar-refractivity contribution in [1.29, 1.82) is 0 Å². The van der Waals surface area contributed by atoms with Gasteiger partial charge in [0.05, 0.1) is 5.92 Å². The number of ether oxygens (including phenoxy) is 2. The van der Waals surface area contributed by atoms with Crippen LogP contribution in [0.2, 0.25) is 0 Å². The maximum Gasteiger partial charge on any atom is 0.325 e. The van der Waals surface area contributed by atoms with Crippen LogP contribution in [0.3, 0.4) is 0 Å². The molecule has 0 aromatic heterocycles. The highest BCUT2D eigenvalue weighted by atomic mass is 16.6. The van der Waals surface area contributed by atoms with Crippen LogP contribution in [0.5, 0.6) is 0 Å². The third kappa shape index (κ3) is 7.15. The van der Waals surface area contributed by atoms with Gasteiger partial charge in [-0.2, -0.15) is 0 Å². The van der Waals surface area contributed by atoms with Gasteiger partial charge in [0.2, 0.25) is 6.41 Å². The Labute approximate surface area is 144 Å². The lowest BCUT2D eigenvalue weighted by atomic mass is 9.86. The molecule has 0 radical (unpaired) electrons. The Kier molecular flexibility index (Phi) is 9.80. The fourth-order valence-corrected chi connectivity index (χ4v) is 2.85. The maximum absolute atomic E-state index is 11.7. The topological polar surface area (TPSA) is 81.7 Å². The maximum atomic E-state index is 11.7. The molecule has 1 saturated heterocycles. The van der Waals surface area contributed by atoms with Gasteiger partial charge in [-0.15, -0.1) is 6.58 Å². The number of esters is 2. The molecular formula is C18H29NO5. The van der Waals surface area contributed by atoms with Gasteiger partial charge in [0.15, 0.2) is 0 Å². The van der Waals surface area contributed by atoms with Crippen molar-refractivity contribution in [3.05, 3.63) is 12.7 Å². The van der Waals surface area contributed by atoms with E-state index >= 15 is 0 Å². The zero-order valence-corrected chi connectivity index (χ0v) is 14.5. The summed E-state index contributed by atoms with van der Waals surface area (Å²) in [4.78, 5) is 33.6. The molecule has 3 atom stereocenters. The van der Waals surface area contributed by atoms with Gasteiger partial charge in [-0.3, -0.25) is 14.4 Å². The highest BCUT2D eigenvalue weighted by molar-refractivity contribution is 5.78. The summed E-state index contributed by atoms with van der Waals surface area (Å²) in [5.41, 5.74) is 0. The summed E-state index contributed by atoms with van der Waals surface area (Å²) in [6.45, 7) is 5.67. The van der Waals surface area contributed by atoms with Gasteiger partial charge in [0, 0.05) is 6.42 Å². The van der Waals surface area contributed by atoms with E-state index in [-0.39, 0.29) is 30.6 Å². The largest absolute Gasteiger partial charge is 0.461 e. The molecule has 2 unspecified atom stereocenters. The number of rotatable bonds is 14. The average molecular weight is 339 g/mol. The van der Waals surface area contributed by atoms with E-state index in [1.165, 1.54) is 6.42 Å². The SMILES string of the molecule is C=CCCC(CC1OC(=O)[C@H]1CCCCCC)OC(=O)CNC=O. The van der Waals surface area contributed by atoms with Crippen molar-refractivity contribution < 1.29 is 23.9 Å². The molecule has 1 aliphatic rings. The first-order valence-corrected chi connectivity index (χ1v) is 8.80. The van der Waals surface area contributed by atoms with Crippen LogP contribution in [0.4, 0.5) is 0 Å². The van der Waals surface area contributed by atoms with Crippen LogP contribution in [0.25, 0.3) is 0 Å². The number of carbonyl (C=O) groups is 3. The van der Waals surface area contributed by atoms with E-state index in [9.17, 15) is 14.4 Å². The van der Waals surface area contributed by atoms with Crippen LogP contribution in [-0.4, -0.2) is 37.1 Å². The third-order valence-electron chi connectivity index (χ3n) is 4.20. The molecule has 6 nitrogen and oxygen atoms in total. The Morgan fingerprint density at radius 3 is 2.83 bits per heavy atom. The molecule has 0 bridgehead atoms. The van der Waals surface area contributed by atoms with E-state index in [2.05, 4.69) is 18.8 Å². The Morgan fingerprint density at radius 1 is 1.42 bits per heavy atom. The highest BCUT2D eigenvalue weighted by Gasteiger charge is 2.43. The predicted octanol–water partition coefficient (Wildman–Crippen LogP) is 2.51. The molecular weight excluding hydrogens is 310 g/mol. The molecule has 136 valence electrons. The predicted molar refractivity (Wildman–Crippen MR) is 90.1 cm³/mol. The fourth-order valence-electron chi connectivity index (χ4n) is 2.85. The fraction of sp³-hybridized carbons (Fsp3) is 0.722. The van der Waals surface area contributed by atoms with Crippen LogP contribution in [0.15, 0.2) is 12.7 Å². The highest BCUT2D eigenvalue weighted by Crippen LogP contribution is 2.32.